The molecule has 0 aliphatic carbocycles. The minimum absolute atomic E-state index is 0.0694. The highest BCUT2D eigenvalue weighted by molar-refractivity contribution is 5.88. The normalized spacial score (nSPS) is 34.0. The van der Waals surface area contributed by atoms with E-state index in [0.717, 1.165) is 6.54 Å². The highest BCUT2D eigenvalue weighted by Crippen LogP contribution is 2.31. The zero-order valence-corrected chi connectivity index (χ0v) is 6.19. The van der Waals surface area contributed by atoms with Gasteiger partial charge in [-0.1, -0.05) is 13.8 Å². The van der Waals surface area contributed by atoms with Gasteiger partial charge in [-0.05, 0) is 12.8 Å². The third-order valence-corrected chi connectivity index (χ3v) is 2.41. The van der Waals surface area contributed by atoms with Crippen LogP contribution in [0.3, 0.4) is 0 Å². The average molecular weight is 127 g/mol. The Balaban J connectivity index is 2.64. The van der Waals surface area contributed by atoms with Crippen molar-refractivity contribution in [1.29, 1.82) is 0 Å². The maximum absolute atomic E-state index is 10.9. The van der Waals surface area contributed by atoms with E-state index in [9.17, 15) is 4.79 Å². The molecule has 9 heavy (non-hydrogen) atoms. The summed E-state index contributed by atoms with van der Waals surface area (Å²) in [7, 11) is 0. The molecule has 1 atom stereocenters. The Morgan fingerprint density at radius 3 is 2.22 bits per heavy atom. The molecule has 1 heterocycles. The minimum atomic E-state index is -0.0694. The summed E-state index contributed by atoms with van der Waals surface area (Å²) in [5.41, 5.74) is -0.0694. The van der Waals surface area contributed by atoms with Gasteiger partial charge in [-0.2, -0.15) is 0 Å². The Kier molecular flexibility index (Phi) is 1.26. The first-order chi connectivity index (χ1) is 4.07. The SMILES string of the molecule is CC(C)C1(C)CNC1=O. The van der Waals surface area contributed by atoms with Crippen LogP contribution in [0.5, 0.6) is 0 Å². The topological polar surface area (TPSA) is 29.1 Å². The number of rotatable bonds is 1. The maximum Gasteiger partial charge on any atom is 0.228 e. The molecule has 52 valence electrons. The number of hydrogen-bond acceptors (Lipinski definition) is 1. The number of hydrogen-bond donors (Lipinski definition) is 1. The second-order valence-corrected chi connectivity index (χ2v) is 3.25. The molecule has 2 heteroatoms. The van der Waals surface area contributed by atoms with E-state index in [0.29, 0.717) is 5.92 Å². The fourth-order valence-corrected chi connectivity index (χ4v) is 0.906. The first-order valence-corrected chi connectivity index (χ1v) is 3.35. The molecule has 0 aromatic carbocycles. The van der Waals surface area contributed by atoms with Crippen LogP contribution in [-0.2, 0) is 4.79 Å². The van der Waals surface area contributed by atoms with Crippen LogP contribution in [0.15, 0.2) is 0 Å². The Bertz CT molecular complexity index is 142. The highest BCUT2D eigenvalue weighted by Gasteiger charge is 2.43. The van der Waals surface area contributed by atoms with E-state index in [-0.39, 0.29) is 11.3 Å². The molecule has 0 aromatic rings. The lowest BCUT2D eigenvalue weighted by molar-refractivity contribution is -0.141. The molecule has 1 unspecified atom stereocenters. The standard InChI is InChI=1S/C7H13NO/c1-5(2)7(3)4-8-6(7)9/h5H,4H2,1-3H3,(H,8,9). The number of carbonyl (C=O) groups is 1. The van der Waals surface area contributed by atoms with Crippen molar-refractivity contribution in [1.82, 2.24) is 5.32 Å². The smallest absolute Gasteiger partial charge is 0.228 e. The fraction of sp³-hybridized carbons (Fsp3) is 0.857. The van der Waals surface area contributed by atoms with Crippen molar-refractivity contribution in [3.05, 3.63) is 0 Å². The van der Waals surface area contributed by atoms with E-state index < -0.39 is 0 Å². The number of β-lactam (4-membered cyclic amide) rings is 1. The molecule has 1 aliphatic rings. The maximum atomic E-state index is 10.9. The van der Waals surface area contributed by atoms with E-state index in [1.807, 2.05) is 6.92 Å². The van der Waals surface area contributed by atoms with Gasteiger partial charge in [0.25, 0.3) is 0 Å². The second kappa shape index (κ2) is 1.72. The lowest BCUT2D eigenvalue weighted by Crippen LogP contribution is -2.59. The van der Waals surface area contributed by atoms with E-state index in [1.165, 1.54) is 0 Å². The van der Waals surface area contributed by atoms with E-state index in [2.05, 4.69) is 19.2 Å². The predicted molar refractivity (Wildman–Crippen MR) is 36.0 cm³/mol. The van der Waals surface area contributed by atoms with Gasteiger partial charge in [0.15, 0.2) is 0 Å². The van der Waals surface area contributed by atoms with Crippen LogP contribution < -0.4 is 5.32 Å². The second-order valence-electron chi connectivity index (χ2n) is 3.25. The molecule has 1 N–H and O–H groups in total. The van der Waals surface area contributed by atoms with Gasteiger partial charge >= 0.3 is 0 Å². The van der Waals surface area contributed by atoms with Crippen molar-refractivity contribution in [2.24, 2.45) is 11.3 Å². The zero-order valence-electron chi connectivity index (χ0n) is 6.19. The third kappa shape index (κ3) is 0.732. The van der Waals surface area contributed by atoms with Gasteiger partial charge in [0, 0.05) is 6.54 Å². The summed E-state index contributed by atoms with van der Waals surface area (Å²) < 4.78 is 0. The van der Waals surface area contributed by atoms with Gasteiger partial charge < -0.3 is 5.32 Å². The molecule has 1 saturated heterocycles. The summed E-state index contributed by atoms with van der Waals surface area (Å²) in [4.78, 5) is 10.9. The van der Waals surface area contributed by atoms with Crippen molar-refractivity contribution in [2.75, 3.05) is 6.54 Å². The van der Waals surface area contributed by atoms with Crippen LogP contribution in [0.25, 0.3) is 0 Å². The number of nitrogens with one attached hydrogen (secondary N) is 1. The fourth-order valence-electron chi connectivity index (χ4n) is 0.906. The Hall–Kier alpha value is -0.530. The monoisotopic (exact) mass is 127 g/mol. The van der Waals surface area contributed by atoms with Crippen LogP contribution in [0.1, 0.15) is 20.8 Å². The molecule has 0 radical (unpaired) electrons. The lowest BCUT2D eigenvalue weighted by atomic mass is 9.73. The highest BCUT2D eigenvalue weighted by atomic mass is 16.2. The first kappa shape index (κ1) is 6.59. The van der Waals surface area contributed by atoms with Gasteiger partial charge in [0.05, 0.1) is 5.41 Å². The average Bonchev–Trinajstić information content (AvgIpc) is 1.82. The van der Waals surface area contributed by atoms with E-state index >= 15 is 0 Å². The Labute approximate surface area is 55.6 Å². The molecule has 1 fully saturated rings. The molecule has 0 spiro atoms. The summed E-state index contributed by atoms with van der Waals surface area (Å²) in [5.74, 6) is 0.670. The summed E-state index contributed by atoms with van der Waals surface area (Å²) in [6.45, 7) is 7.03. The van der Waals surface area contributed by atoms with Gasteiger partial charge in [-0.15, -0.1) is 0 Å². The van der Waals surface area contributed by atoms with Gasteiger partial charge in [0.2, 0.25) is 5.91 Å². The Morgan fingerprint density at radius 2 is 2.22 bits per heavy atom. The molecule has 0 bridgehead atoms. The predicted octanol–water partition coefficient (Wildman–Crippen LogP) is 0.778. The summed E-state index contributed by atoms with van der Waals surface area (Å²) >= 11 is 0. The molecule has 0 saturated carbocycles. The summed E-state index contributed by atoms with van der Waals surface area (Å²) in [6, 6.07) is 0. The molecular formula is C7H13NO. The number of amides is 1. The van der Waals surface area contributed by atoms with Crippen molar-refractivity contribution >= 4 is 5.91 Å². The third-order valence-electron chi connectivity index (χ3n) is 2.41. The van der Waals surface area contributed by atoms with Crippen LogP contribution in [0.2, 0.25) is 0 Å². The zero-order chi connectivity index (χ0) is 7.07. The molecule has 1 rings (SSSR count). The van der Waals surface area contributed by atoms with Gasteiger partial charge in [0.1, 0.15) is 0 Å². The van der Waals surface area contributed by atoms with Crippen molar-refractivity contribution < 1.29 is 4.79 Å². The van der Waals surface area contributed by atoms with Gasteiger partial charge in [-0.25, -0.2) is 0 Å². The summed E-state index contributed by atoms with van der Waals surface area (Å²) in [5, 5.41) is 2.74. The summed E-state index contributed by atoms with van der Waals surface area (Å²) in [6.07, 6.45) is 0. The van der Waals surface area contributed by atoms with Crippen molar-refractivity contribution in [3.8, 4) is 0 Å². The van der Waals surface area contributed by atoms with Crippen molar-refractivity contribution in [2.45, 2.75) is 20.8 Å². The first-order valence-electron chi connectivity index (χ1n) is 3.35. The quantitative estimate of drug-likeness (QED) is 0.518. The number of carbonyl (C=O) groups excluding carboxylic acids is 1. The van der Waals surface area contributed by atoms with Crippen LogP contribution >= 0.6 is 0 Å². The molecule has 1 aliphatic heterocycles. The molecule has 0 aromatic heterocycles. The van der Waals surface area contributed by atoms with E-state index in [4.69, 9.17) is 0 Å². The van der Waals surface area contributed by atoms with Crippen LogP contribution in [0.4, 0.5) is 0 Å². The molecule has 1 amide bonds. The van der Waals surface area contributed by atoms with Crippen LogP contribution in [-0.4, -0.2) is 12.5 Å². The largest absolute Gasteiger partial charge is 0.354 e. The lowest BCUT2D eigenvalue weighted by Gasteiger charge is -2.40. The van der Waals surface area contributed by atoms with Crippen LogP contribution in [0, 0.1) is 11.3 Å². The minimum Gasteiger partial charge on any atom is -0.354 e. The van der Waals surface area contributed by atoms with E-state index in [1.54, 1.807) is 0 Å². The molecule has 2 nitrogen and oxygen atoms in total. The molecular weight excluding hydrogens is 114 g/mol. The van der Waals surface area contributed by atoms with Gasteiger partial charge in [-0.3, -0.25) is 4.79 Å². The van der Waals surface area contributed by atoms with Crippen molar-refractivity contribution in [3.63, 3.8) is 0 Å². The Morgan fingerprint density at radius 1 is 1.67 bits per heavy atom.